The summed E-state index contributed by atoms with van der Waals surface area (Å²) >= 11 is 1.65. The Hall–Kier alpha value is -2.02. The number of aromatic nitrogens is 4. The van der Waals surface area contributed by atoms with Crippen LogP contribution in [0.2, 0.25) is 0 Å². The van der Waals surface area contributed by atoms with Crippen LogP contribution in [0.5, 0.6) is 0 Å². The number of carboxylic acid groups (broad SMARTS) is 1. The maximum Gasteiger partial charge on any atom is 0.303 e. The van der Waals surface area contributed by atoms with Crippen molar-refractivity contribution in [3.05, 3.63) is 22.6 Å². The number of hydrogen-bond acceptors (Lipinski definition) is 5. The quantitative estimate of drug-likeness (QED) is 0.797. The van der Waals surface area contributed by atoms with Crippen LogP contribution >= 0.6 is 11.3 Å². The standard InChI is InChI=1S/C13H14N4O2S/c1-7-8(2)20-13-11(7)12-16-15-9(17(12)6-14-13)4-3-5-10(18)19/h6H,3-5H2,1-2H3,(H,18,19). The van der Waals surface area contributed by atoms with Crippen molar-refractivity contribution in [3.8, 4) is 0 Å². The Morgan fingerprint density at radius 2 is 2.20 bits per heavy atom. The molecule has 0 aromatic carbocycles. The van der Waals surface area contributed by atoms with Gasteiger partial charge in [0.1, 0.15) is 17.0 Å². The van der Waals surface area contributed by atoms with Crippen molar-refractivity contribution in [1.29, 1.82) is 0 Å². The van der Waals surface area contributed by atoms with Crippen molar-refractivity contribution in [2.75, 3.05) is 0 Å². The van der Waals surface area contributed by atoms with Gasteiger partial charge in [-0.25, -0.2) is 4.98 Å². The van der Waals surface area contributed by atoms with Crippen LogP contribution in [0.1, 0.15) is 29.1 Å². The van der Waals surface area contributed by atoms with E-state index in [1.54, 1.807) is 17.7 Å². The van der Waals surface area contributed by atoms with Gasteiger partial charge in [-0.1, -0.05) is 0 Å². The molecule has 0 bridgehead atoms. The molecule has 6 nitrogen and oxygen atoms in total. The van der Waals surface area contributed by atoms with E-state index < -0.39 is 5.97 Å². The zero-order valence-electron chi connectivity index (χ0n) is 11.3. The Bertz CT molecular complexity index is 806. The second kappa shape index (κ2) is 4.82. The van der Waals surface area contributed by atoms with Gasteiger partial charge in [0.2, 0.25) is 0 Å². The predicted octanol–water partition coefficient (Wildman–Crippen LogP) is 2.36. The molecule has 20 heavy (non-hydrogen) atoms. The first-order chi connectivity index (χ1) is 9.58. The van der Waals surface area contributed by atoms with Gasteiger partial charge >= 0.3 is 5.97 Å². The first kappa shape index (κ1) is 13.0. The van der Waals surface area contributed by atoms with Gasteiger partial charge in [-0.05, 0) is 25.8 Å². The second-order valence-corrected chi connectivity index (χ2v) is 5.97. The summed E-state index contributed by atoms with van der Waals surface area (Å²) in [7, 11) is 0. The first-order valence-corrected chi connectivity index (χ1v) is 7.19. The highest BCUT2D eigenvalue weighted by Crippen LogP contribution is 2.30. The van der Waals surface area contributed by atoms with Crippen molar-refractivity contribution >= 4 is 33.2 Å². The molecule has 7 heteroatoms. The van der Waals surface area contributed by atoms with E-state index in [4.69, 9.17) is 5.11 Å². The zero-order chi connectivity index (χ0) is 14.3. The Morgan fingerprint density at radius 3 is 2.95 bits per heavy atom. The molecule has 3 heterocycles. The molecular weight excluding hydrogens is 276 g/mol. The summed E-state index contributed by atoms with van der Waals surface area (Å²) in [5, 5.41) is 18.2. The lowest BCUT2D eigenvalue weighted by molar-refractivity contribution is -0.137. The molecule has 104 valence electrons. The fraction of sp³-hybridized carbons (Fsp3) is 0.385. The maximum absolute atomic E-state index is 10.6. The Morgan fingerprint density at radius 1 is 1.40 bits per heavy atom. The number of carbonyl (C=O) groups is 1. The van der Waals surface area contributed by atoms with Gasteiger partial charge in [-0.2, -0.15) is 0 Å². The predicted molar refractivity (Wildman–Crippen MR) is 76.2 cm³/mol. The fourth-order valence-electron chi connectivity index (χ4n) is 2.26. The number of aryl methyl sites for hydroxylation is 3. The third-order valence-electron chi connectivity index (χ3n) is 3.44. The summed E-state index contributed by atoms with van der Waals surface area (Å²) < 4.78 is 1.86. The van der Waals surface area contributed by atoms with E-state index in [0.717, 1.165) is 21.7 Å². The van der Waals surface area contributed by atoms with Crippen molar-refractivity contribution in [2.24, 2.45) is 0 Å². The summed E-state index contributed by atoms with van der Waals surface area (Å²) in [5.41, 5.74) is 2.00. The number of carboxylic acids is 1. The van der Waals surface area contributed by atoms with Crippen LogP contribution in [0.15, 0.2) is 6.33 Å². The molecule has 0 aliphatic heterocycles. The van der Waals surface area contributed by atoms with Crippen molar-refractivity contribution < 1.29 is 9.90 Å². The zero-order valence-corrected chi connectivity index (χ0v) is 12.1. The normalized spacial score (nSPS) is 11.5. The van der Waals surface area contributed by atoms with Gasteiger partial charge < -0.3 is 5.11 Å². The molecule has 0 aliphatic rings. The maximum atomic E-state index is 10.6. The highest BCUT2D eigenvalue weighted by Gasteiger charge is 2.14. The summed E-state index contributed by atoms with van der Waals surface area (Å²) in [4.78, 5) is 17.2. The minimum absolute atomic E-state index is 0.140. The largest absolute Gasteiger partial charge is 0.481 e. The summed E-state index contributed by atoms with van der Waals surface area (Å²) in [6.45, 7) is 4.14. The van der Waals surface area contributed by atoms with Gasteiger partial charge in [0.15, 0.2) is 5.65 Å². The molecule has 3 aromatic rings. The van der Waals surface area contributed by atoms with E-state index in [9.17, 15) is 4.79 Å². The van der Waals surface area contributed by atoms with Gasteiger partial charge in [0.05, 0.1) is 5.39 Å². The van der Waals surface area contributed by atoms with Crippen molar-refractivity contribution in [1.82, 2.24) is 19.6 Å². The topological polar surface area (TPSA) is 80.4 Å². The monoisotopic (exact) mass is 290 g/mol. The number of fused-ring (bicyclic) bond motifs is 3. The van der Waals surface area contributed by atoms with Crippen LogP contribution in [0, 0.1) is 13.8 Å². The number of hydrogen-bond donors (Lipinski definition) is 1. The van der Waals surface area contributed by atoms with Crippen molar-refractivity contribution in [2.45, 2.75) is 33.1 Å². The number of thiophene rings is 1. The molecule has 0 radical (unpaired) electrons. The van der Waals surface area contributed by atoms with Gasteiger partial charge in [-0.3, -0.25) is 9.20 Å². The Labute approximate surface area is 119 Å². The third-order valence-corrected chi connectivity index (χ3v) is 4.55. The van der Waals surface area contributed by atoms with E-state index in [-0.39, 0.29) is 6.42 Å². The van der Waals surface area contributed by atoms with E-state index in [0.29, 0.717) is 12.8 Å². The molecule has 0 atom stereocenters. The Kier molecular flexibility index (Phi) is 3.13. The van der Waals surface area contributed by atoms with Crippen LogP contribution in [0.4, 0.5) is 0 Å². The van der Waals surface area contributed by atoms with E-state index >= 15 is 0 Å². The van der Waals surface area contributed by atoms with Crippen LogP contribution in [-0.4, -0.2) is 30.7 Å². The van der Waals surface area contributed by atoms with Gasteiger partial charge in [0, 0.05) is 17.7 Å². The van der Waals surface area contributed by atoms with Crippen LogP contribution in [0.3, 0.4) is 0 Å². The van der Waals surface area contributed by atoms with E-state index in [1.165, 1.54) is 10.4 Å². The number of nitrogens with zero attached hydrogens (tertiary/aromatic N) is 4. The first-order valence-electron chi connectivity index (χ1n) is 6.38. The van der Waals surface area contributed by atoms with E-state index in [2.05, 4.69) is 29.0 Å². The Balaban J connectivity index is 2.04. The van der Waals surface area contributed by atoms with Crippen LogP contribution < -0.4 is 0 Å². The van der Waals surface area contributed by atoms with Gasteiger partial charge in [-0.15, -0.1) is 21.5 Å². The highest BCUT2D eigenvalue weighted by molar-refractivity contribution is 7.18. The number of aliphatic carboxylic acids is 1. The SMILES string of the molecule is Cc1sc2ncn3c(CCCC(=O)O)nnc3c2c1C. The van der Waals surface area contributed by atoms with Gasteiger partial charge in [0.25, 0.3) is 0 Å². The lowest BCUT2D eigenvalue weighted by Gasteiger charge is -1.99. The minimum atomic E-state index is -0.788. The molecule has 0 fully saturated rings. The average molecular weight is 290 g/mol. The average Bonchev–Trinajstić information content (AvgIpc) is 2.92. The molecule has 3 aromatic heterocycles. The lowest BCUT2D eigenvalue weighted by atomic mass is 10.2. The molecule has 0 aliphatic carbocycles. The highest BCUT2D eigenvalue weighted by atomic mass is 32.1. The molecule has 0 amide bonds. The lowest BCUT2D eigenvalue weighted by Crippen LogP contribution is -2.00. The van der Waals surface area contributed by atoms with Crippen LogP contribution in [-0.2, 0) is 11.2 Å². The summed E-state index contributed by atoms with van der Waals surface area (Å²) in [6.07, 6.45) is 3.00. The van der Waals surface area contributed by atoms with Crippen molar-refractivity contribution in [3.63, 3.8) is 0 Å². The second-order valence-electron chi connectivity index (χ2n) is 4.77. The smallest absolute Gasteiger partial charge is 0.303 e. The third kappa shape index (κ3) is 2.03. The molecular formula is C13H14N4O2S. The fourth-order valence-corrected chi connectivity index (χ4v) is 3.25. The molecule has 0 spiro atoms. The molecule has 3 rings (SSSR count). The molecule has 0 saturated carbocycles. The summed E-state index contributed by atoms with van der Waals surface area (Å²) in [5.74, 6) is -0.0254. The molecule has 1 N–H and O–H groups in total. The minimum Gasteiger partial charge on any atom is -0.481 e. The number of rotatable bonds is 4. The molecule has 0 saturated heterocycles. The summed E-state index contributed by atoms with van der Waals surface area (Å²) in [6, 6.07) is 0. The molecule has 0 unspecified atom stereocenters. The van der Waals surface area contributed by atoms with Crippen LogP contribution in [0.25, 0.3) is 15.9 Å². The van der Waals surface area contributed by atoms with E-state index in [1.807, 2.05) is 4.40 Å².